The average molecular weight is 277 g/mol. The molecule has 0 amide bonds. The molecule has 1 aliphatic rings. The molecule has 1 heterocycles. The van der Waals surface area contributed by atoms with Crippen molar-refractivity contribution in [3.63, 3.8) is 0 Å². The molecule has 1 aromatic carbocycles. The number of likely N-dealkylation sites (tertiary alicyclic amines) is 1. The maximum Gasteiger partial charge on any atom is 0.309 e. The minimum absolute atomic E-state index is 0.219. The largest absolute Gasteiger partial charge is 0.492 e. The summed E-state index contributed by atoms with van der Waals surface area (Å²) >= 11 is 0. The highest BCUT2D eigenvalue weighted by molar-refractivity contribution is 5.72. The van der Waals surface area contributed by atoms with Crippen LogP contribution in [0.4, 0.5) is 0 Å². The van der Waals surface area contributed by atoms with Gasteiger partial charge in [-0.2, -0.15) is 0 Å². The van der Waals surface area contributed by atoms with Gasteiger partial charge in [0.05, 0.1) is 13.5 Å². The van der Waals surface area contributed by atoms with E-state index >= 15 is 0 Å². The summed E-state index contributed by atoms with van der Waals surface area (Å²) in [7, 11) is 1.40. The Morgan fingerprint density at radius 2 is 1.85 bits per heavy atom. The summed E-state index contributed by atoms with van der Waals surface area (Å²) in [6.45, 7) is 4.10. The van der Waals surface area contributed by atoms with E-state index in [1.807, 2.05) is 24.3 Å². The van der Waals surface area contributed by atoms with Crippen molar-refractivity contribution in [3.8, 4) is 5.75 Å². The van der Waals surface area contributed by atoms with Crippen LogP contribution < -0.4 is 4.74 Å². The fourth-order valence-corrected chi connectivity index (χ4v) is 2.42. The Kier molecular flexibility index (Phi) is 5.87. The third-order valence-electron chi connectivity index (χ3n) is 3.62. The molecule has 1 fully saturated rings. The lowest BCUT2D eigenvalue weighted by Crippen LogP contribution is -2.33. The van der Waals surface area contributed by atoms with Crippen molar-refractivity contribution in [3.05, 3.63) is 29.8 Å². The molecule has 0 N–H and O–H groups in total. The molecule has 0 atom stereocenters. The van der Waals surface area contributed by atoms with E-state index in [2.05, 4.69) is 9.64 Å². The molecule has 0 aromatic heterocycles. The van der Waals surface area contributed by atoms with E-state index in [-0.39, 0.29) is 5.97 Å². The van der Waals surface area contributed by atoms with E-state index in [9.17, 15) is 4.79 Å². The quantitative estimate of drug-likeness (QED) is 0.748. The predicted octanol–water partition coefficient (Wildman–Crippen LogP) is 2.27. The molecule has 4 heteroatoms. The summed E-state index contributed by atoms with van der Waals surface area (Å²) in [6.07, 6.45) is 4.29. The average Bonchev–Trinajstić information content (AvgIpc) is 2.50. The number of esters is 1. The van der Waals surface area contributed by atoms with Gasteiger partial charge in [-0.05, 0) is 43.6 Å². The summed E-state index contributed by atoms with van der Waals surface area (Å²) in [6, 6.07) is 7.64. The first-order chi connectivity index (χ1) is 9.78. The zero-order chi connectivity index (χ0) is 14.2. The van der Waals surface area contributed by atoms with Gasteiger partial charge in [0.2, 0.25) is 0 Å². The van der Waals surface area contributed by atoms with Gasteiger partial charge in [0.1, 0.15) is 12.4 Å². The van der Waals surface area contributed by atoms with Crippen LogP contribution in [0.15, 0.2) is 24.3 Å². The highest BCUT2D eigenvalue weighted by atomic mass is 16.5. The molecule has 1 saturated heterocycles. The number of ether oxygens (including phenoxy) is 2. The summed E-state index contributed by atoms with van der Waals surface area (Å²) in [5, 5.41) is 0. The Labute approximate surface area is 120 Å². The van der Waals surface area contributed by atoms with Gasteiger partial charge in [-0.25, -0.2) is 0 Å². The first-order valence-corrected chi connectivity index (χ1v) is 7.29. The third-order valence-corrected chi connectivity index (χ3v) is 3.62. The van der Waals surface area contributed by atoms with Gasteiger partial charge in [0, 0.05) is 6.54 Å². The fraction of sp³-hybridized carbons (Fsp3) is 0.562. The Morgan fingerprint density at radius 3 is 2.50 bits per heavy atom. The SMILES string of the molecule is COC(=O)Cc1ccc(OCCN2CCCCC2)cc1. The molecule has 1 aromatic rings. The van der Waals surface area contributed by atoms with Crippen LogP contribution in [0.5, 0.6) is 5.75 Å². The molecular weight excluding hydrogens is 254 g/mol. The van der Waals surface area contributed by atoms with Crippen LogP contribution in [0, 0.1) is 0 Å². The van der Waals surface area contributed by atoms with E-state index < -0.39 is 0 Å². The molecule has 0 unspecified atom stereocenters. The van der Waals surface area contributed by atoms with Gasteiger partial charge in [-0.1, -0.05) is 18.6 Å². The van der Waals surface area contributed by atoms with E-state index in [4.69, 9.17) is 4.74 Å². The number of carbonyl (C=O) groups is 1. The highest BCUT2D eigenvalue weighted by Crippen LogP contribution is 2.13. The van der Waals surface area contributed by atoms with E-state index in [1.165, 1.54) is 39.5 Å². The molecule has 0 aliphatic carbocycles. The second kappa shape index (κ2) is 7.90. The Morgan fingerprint density at radius 1 is 1.15 bits per heavy atom. The molecule has 0 saturated carbocycles. The molecule has 0 radical (unpaired) electrons. The Balaban J connectivity index is 1.71. The molecule has 4 nitrogen and oxygen atoms in total. The minimum atomic E-state index is -0.219. The maximum atomic E-state index is 11.2. The lowest BCUT2D eigenvalue weighted by atomic mass is 10.1. The van der Waals surface area contributed by atoms with Gasteiger partial charge in [0.15, 0.2) is 0 Å². The van der Waals surface area contributed by atoms with Gasteiger partial charge in [0.25, 0.3) is 0 Å². The first kappa shape index (κ1) is 14.9. The van der Waals surface area contributed by atoms with Crippen LogP contribution in [-0.2, 0) is 16.0 Å². The Hall–Kier alpha value is -1.55. The highest BCUT2D eigenvalue weighted by Gasteiger charge is 2.09. The van der Waals surface area contributed by atoms with Gasteiger partial charge < -0.3 is 9.47 Å². The zero-order valence-electron chi connectivity index (χ0n) is 12.1. The number of rotatable bonds is 6. The van der Waals surface area contributed by atoms with Crippen molar-refractivity contribution in [2.75, 3.05) is 33.4 Å². The van der Waals surface area contributed by atoms with Crippen molar-refractivity contribution in [1.29, 1.82) is 0 Å². The maximum absolute atomic E-state index is 11.2. The second-order valence-corrected chi connectivity index (χ2v) is 5.15. The molecule has 20 heavy (non-hydrogen) atoms. The van der Waals surface area contributed by atoms with Crippen LogP contribution >= 0.6 is 0 Å². The molecule has 1 aliphatic heterocycles. The van der Waals surface area contributed by atoms with Crippen molar-refractivity contribution < 1.29 is 14.3 Å². The van der Waals surface area contributed by atoms with E-state index in [0.29, 0.717) is 6.42 Å². The summed E-state index contributed by atoms with van der Waals surface area (Å²) < 4.78 is 10.4. The lowest BCUT2D eigenvalue weighted by molar-refractivity contribution is -0.139. The van der Waals surface area contributed by atoms with Crippen LogP contribution in [0.1, 0.15) is 24.8 Å². The number of hydrogen-bond donors (Lipinski definition) is 0. The molecule has 0 spiro atoms. The smallest absolute Gasteiger partial charge is 0.309 e. The topological polar surface area (TPSA) is 38.8 Å². The number of benzene rings is 1. The van der Waals surface area contributed by atoms with E-state index in [0.717, 1.165) is 24.5 Å². The number of carbonyl (C=O) groups excluding carboxylic acids is 1. The van der Waals surface area contributed by atoms with Gasteiger partial charge in [-0.15, -0.1) is 0 Å². The fourth-order valence-electron chi connectivity index (χ4n) is 2.42. The Bertz CT molecular complexity index is 410. The summed E-state index contributed by atoms with van der Waals surface area (Å²) in [4.78, 5) is 13.6. The van der Waals surface area contributed by atoms with Crippen LogP contribution in [0.3, 0.4) is 0 Å². The van der Waals surface area contributed by atoms with Crippen LogP contribution in [0.2, 0.25) is 0 Å². The number of nitrogens with zero attached hydrogens (tertiary/aromatic N) is 1. The normalized spacial score (nSPS) is 15.8. The predicted molar refractivity (Wildman–Crippen MR) is 77.9 cm³/mol. The summed E-state index contributed by atoms with van der Waals surface area (Å²) in [5.41, 5.74) is 0.945. The molecule has 0 bridgehead atoms. The van der Waals surface area contributed by atoms with E-state index in [1.54, 1.807) is 0 Å². The minimum Gasteiger partial charge on any atom is -0.492 e. The number of hydrogen-bond acceptors (Lipinski definition) is 4. The van der Waals surface area contributed by atoms with Gasteiger partial charge >= 0.3 is 5.97 Å². The zero-order valence-corrected chi connectivity index (χ0v) is 12.1. The van der Waals surface area contributed by atoms with Gasteiger partial charge in [-0.3, -0.25) is 9.69 Å². The van der Waals surface area contributed by atoms with Crippen molar-refractivity contribution in [2.24, 2.45) is 0 Å². The van der Waals surface area contributed by atoms with Crippen molar-refractivity contribution in [2.45, 2.75) is 25.7 Å². The van der Waals surface area contributed by atoms with Crippen LogP contribution in [0.25, 0.3) is 0 Å². The number of methoxy groups -OCH3 is 1. The second-order valence-electron chi connectivity index (χ2n) is 5.15. The first-order valence-electron chi connectivity index (χ1n) is 7.29. The number of piperidine rings is 1. The van der Waals surface area contributed by atoms with Crippen LogP contribution in [-0.4, -0.2) is 44.2 Å². The monoisotopic (exact) mass is 277 g/mol. The standard InChI is InChI=1S/C16H23NO3/c1-19-16(18)13-14-5-7-15(8-6-14)20-12-11-17-9-3-2-4-10-17/h5-8H,2-4,9-13H2,1H3. The summed E-state index contributed by atoms with van der Waals surface area (Å²) in [5.74, 6) is 0.638. The molecular formula is C16H23NO3. The third kappa shape index (κ3) is 4.85. The molecule has 2 rings (SSSR count). The van der Waals surface area contributed by atoms with Crippen molar-refractivity contribution >= 4 is 5.97 Å². The van der Waals surface area contributed by atoms with Crippen molar-refractivity contribution in [1.82, 2.24) is 4.90 Å². The lowest BCUT2D eigenvalue weighted by Gasteiger charge is -2.26. The molecule has 110 valence electrons.